The van der Waals surface area contributed by atoms with E-state index in [9.17, 15) is 14.2 Å². The summed E-state index contributed by atoms with van der Waals surface area (Å²) < 4.78 is 22.5. The summed E-state index contributed by atoms with van der Waals surface area (Å²) in [5.74, 6) is 0. The highest BCUT2D eigenvalue weighted by Gasteiger charge is 2.58. The van der Waals surface area contributed by atoms with E-state index in [1.54, 1.807) is 0 Å². The van der Waals surface area contributed by atoms with Crippen LogP contribution >= 0.6 is 15.2 Å². The maximum absolute atomic E-state index is 11.3. The van der Waals surface area contributed by atoms with E-state index in [1.165, 1.54) is 5.56 Å². The first-order valence-electron chi connectivity index (χ1n) is 8.53. The van der Waals surface area contributed by atoms with Gasteiger partial charge in [-0.05, 0) is 64.2 Å². The third-order valence-electron chi connectivity index (χ3n) is 4.33. The molecule has 1 aromatic rings. The van der Waals surface area contributed by atoms with Gasteiger partial charge in [-0.2, -0.15) is 0 Å². The van der Waals surface area contributed by atoms with Crippen molar-refractivity contribution in [2.24, 2.45) is 0 Å². The van der Waals surface area contributed by atoms with Crippen molar-refractivity contribution in [1.82, 2.24) is 4.90 Å². The van der Waals surface area contributed by atoms with E-state index in [0.29, 0.717) is 13.0 Å². The van der Waals surface area contributed by atoms with Crippen LogP contribution in [0.4, 0.5) is 0 Å². The summed E-state index contributed by atoms with van der Waals surface area (Å²) in [5, 5.41) is 6.49. The summed E-state index contributed by atoms with van der Waals surface area (Å²) >= 11 is 0. The predicted octanol–water partition coefficient (Wildman–Crippen LogP) is 2.11. The molecule has 10 heteroatoms. The molecule has 0 saturated carbocycles. The van der Waals surface area contributed by atoms with Crippen LogP contribution in [0.25, 0.3) is 0 Å². The minimum Gasteiger partial charge on any atom is -0.368 e. The van der Waals surface area contributed by atoms with E-state index in [-0.39, 0.29) is 6.42 Å². The van der Waals surface area contributed by atoms with Crippen molar-refractivity contribution in [3.05, 3.63) is 35.9 Å². The van der Waals surface area contributed by atoms with Crippen molar-refractivity contribution in [2.45, 2.75) is 43.6 Å². The van der Waals surface area contributed by atoms with Gasteiger partial charge in [-0.1, -0.05) is 30.3 Å². The van der Waals surface area contributed by atoms with Gasteiger partial charge in [0.15, 0.2) is 0 Å². The molecule has 0 aromatic heterocycles. The van der Waals surface area contributed by atoms with Crippen LogP contribution in [0.2, 0.25) is 0 Å². The number of benzene rings is 1. The molecule has 0 fully saturated rings. The first kappa shape index (κ1) is 23.5. The average Bonchev–Trinajstić information content (AvgIpc) is 2.54. The first-order valence-corrected chi connectivity index (χ1v) is 11.8. The molecule has 0 bridgehead atoms. The van der Waals surface area contributed by atoms with Crippen molar-refractivity contribution in [3.8, 4) is 0 Å². The van der Waals surface area contributed by atoms with E-state index in [4.69, 9.17) is 19.6 Å². The second kappa shape index (κ2) is 10.1. The maximum atomic E-state index is 11.3. The highest BCUT2D eigenvalue weighted by atomic mass is 31.2. The molecule has 0 aliphatic heterocycles. The van der Waals surface area contributed by atoms with Gasteiger partial charge < -0.3 is 29.6 Å². The molecular weight excluding hydrogens is 380 g/mol. The van der Waals surface area contributed by atoms with Crippen LogP contribution in [-0.4, -0.2) is 54.8 Å². The van der Waals surface area contributed by atoms with Crippen molar-refractivity contribution in [3.63, 3.8) is 0 Å². The zero-order valence-corrected chi connectivity index (χ0v) is 16.7. The highest BCUT2D eigenvalue weighted by Crippen LogP contribution is 2.69. The molecule has 0 unspecified atom stereocenters. The van der Waals surface area contributed by atoms with Crippen LogP contribution in [0.1, 0.15) is 37.7 Å². The third-order valence-corrected chi connectivity index (χ3v) is 8.21. The first-order chi connectivity index (χ1) is 12.0. The molecule has 0 saturated heterocycles. The Bertz CT molecular complexity index is 607. The Morgan fingerprint density at radius 2 is 1.38 bits per heavy atom. The van der Waals surface area contributed by atoms with Crippen LogP contribution in [0.15, 0.2) is 30.3 Å². The zero-order valence-electron chi connectivity index (χ0n) is 14.9. The largest absolute Gasteiger partial charge is 0.369 e. The number of rotatable bonds is 12. The lowest BCUT2D eigenvalue weighted by molar-refractivity contribution is 0.119. The van der Waals surface area contributed by atoms with E-state index < -0.39 is 26.7 Å². The lowest BCUT2D eigenvalue weighted by atomic mass is 10.1. The molecule has 26 heavy (non-hydrogen) atoms. The normalized spacial score (nSPS) is 13.3. The summed E-state index contributed by atoms with van der Waals surface area (Å²) in [5.41, 5.74) is 1.30. The molecule has 0 aliphatic carbocycles. The molecule has 150 valence electrons. The topological polar surface area (TPSA) is 139 Å². The van der Waals surface area contributed by atoms with E-state index in [2.05, 4.69) is 17.0 Å². The molecule has 1 aromatic carbocycles. The monoisotopic (exact) mass is 409 g/mol. The van der Waals surface area contributed by atoms with Gasteiger partial charge in [-0.25, -0.2) is 0 Å². The fourth-order valence-electron chi connectivity index (χ4n) is 2.67. The molecule has 0 aliphatic rings. The number of hydrogen-bond acceptors (Lipinski definition) is 4. The Labute approximate surface area is 154 Å². The van der Waals surface area contributed by atoms with Crippen molar-refractivity contribution >= 4 is 15.2 Å². The number of aryl methyl sites for hydroxylation is 1. The minimum absolute atomic E-state index is 0.0983. The Balaban J connectivity index is 2.27. The molecule has 0 radical (unpaired) electrons. The van der Waals surface area contributed by atoms with Gasteiger partial charge in [0.2, 0.25) is 0 Å². The molecule has 0 spiro atoms. The molecule has 1 rings (SSSR count). The Kier molecular flexibility index (Phi) is 9.13. The van der Waals surface area contributed by atoms with Crippen LogP contribution in [0.3, 0.4) is 0 Å². The van der Waals surface area contributed by atoms with E-state index in [1.807, 2.05) is 25.2 Å². The number of nitrogens with zero attached hydrogens (tertiary/aromatic N) is 1. The van der Waals surface area contributed by atoms with Crippen molar-refractivity contribution in [1.29, 1.82) is 0 Å². The molecule has 8 nitrogen and oxygen atoms in total. The van der Waals surface area contributed by atoms with Gasteiger partial charge in [-0.3, -0.25) is 9.13 Å². The van der Waals surface area contributed by atoms with Crippen molar-refractivity contribution < 1.29 is 33.8 Å². The average molecular weight is 409 g/mol. The fourth-order valence-corrected chi connectivity index (χ4v) is 4.93. The summed E-state index contributed by atoms with van der Waals surface area (Å²) in [4.78, 5) is 38.4. The molecule has 0 atom stereocenters. The van der Waals surface area contributed by atoms with Gasteiger partial charge in [0.05, 0.1) is 0 Å². The summed E-state index contributed by atoms with van der Waals surface area (Å²) in [6.45, 7) is 1.47. The van der Waals surface area contributed by atoms with Gasteiger partial charge in [0.1, 0.15) is 0 Å². The fraction of sp³-hybridized carbons (Fsp3) is 0.625. The Hall–Kier alpha value is -0.560. The number of aliphatic hydroxyl groups is 1. The third kappa shape index (κ3) is 7.22. The van der Waals surface area contributed by atoms with E-state index >= 15 is 0 Å². The summed E-state index contributed by atoms with van der Waals surface area (Å²) in [6.07, 6.45) is 2.97. The van der Waals surface area contributed by atoms with Crippen molar-refractivity contribution in [2.75, 3.05) is 20.1 Å². The highest BCUT2D eigenvalue weighted by molar-refractivity contribution is 7.72. The molecule has 0 amide bonds. The minimum atomic E-state index is -5.35. The number of hydrogen-bond donors (Lipinski definition) is 5. The van der Waals surface area contributed by atoms with Crippen LogP contribution in [0, 0.1) is 0 Å². The van der Waals surface area contributed by atoms with Crippen LogP contribution in [0.5, 0.6) is 0 Å². The maximum Gasteiger partial charge on any atom is 0.369 e. The van der Waals surface area contributed by atoms with Gasteiger partial charge in [-0.15, -0.1) is 0 Å². The second-order valence-electron chi connectivity index (χ2n) is 6.57. The predicted molar refractivity (Wildman–Crippen MR) is 99.8 cm³/mol. The molecule has 0 heterocycles. The lowest BCUT2D eigenvalue weighted by Crippen LogP contribution is -2.29. The SMILES string of the molecule is CN(CCCCc1ccccc1)CCCCC(O)(P(=O)(O)O)P(=O)(O)O. The molecule has 5 N–H and O–H groups in total. The summed E-state index contributed by atoms with van der Waals surface area (Å²) in [6, 6.07) is 10.2. The number of unbranched alkanes of at least 4 members (excludes halogenated alkanes) is 2. The quantitative estimate of drug-likeness (QED) is 0.261. The Morgan fingerprint density at radius 3 is 1.88 bits per heavy atom. The second-order valence-corrected chi connectivity index (χ2v) is 10.6. The van der Waals surface area contributed by atoms with Gasteiger partial charge >= 0.3 is 15.2 Å². The smallest absolute Gasteiger partial charge is 0.368 e. The Morgan fingerprint density at radius 1 is 0.885 bits per heavy atom. The standard InChI is InChI=1S/C16H29NO7P2/c1-17(13-7-5-11-15-9-3-2-4-10-15)14-8-6-12-16(18,25(19,20)21)26(22,23)24/h2-4,9-10,18H,5-8,11-14H2,1H3,(H2,19,20,21)(H2,22,23,24). The lowest BCUT2D eigenvalue weighted by Gasteiger charge is -2.29. The summed E-state index contributed by atoms with van der Waals surface area (Å²) in [7, 11) is -8.77. The zero-order chi connectivity index (χ0) is 19.8. The van der Waals surface area contributed by atoms with E-state index in [0.717, 1.165) is 25.8 Å². The van der Waals surface area contributed by atoms with Gasteiger partial charge in [0, 0.05) is 0 Å². The van der Waals surface area contributed by atoms with Gasteiger partial charge in [0.25, 0.3) is 5.08 Å². The molecular formula is C16H29NO7P2. The van der Waals surface area contributed by atoms with Crippen LogP contribution < -0.4 is 0 Å². The van der Waals surface area contributed by atoms with Crippen LogP contribution in [-0.2, 0) is 15.6 Å².